The van der Waals surface area contributed by atoms with Gasteiger partial charge in [0.2, 0.25) is 5.91 Å². The number of nitrogens with zero attached hydrogens (tertiary/aromatic N) is 1. The quantitative estimate of drug-likeness (QED) is 0.329. The van der Waals surface area contributed by atoms with Gasteiger partial charge < -0.3 is 10.1 Å². The van der Waals surface area contributed by atoms with E-state index in [4.69, 9.17) is 4.74 Å². The minimum absolute atomic E-state index is 0.261. The maximum Gasteiger partial charge on any atom is 0.266 e. The van der Waals surface area contributed by atoms with Gasteiger partial charge in [0.1, 0.15) is 11.5 Å². The Balaban J connectivity index is 1.52. The molecule has 0 saturated carbocycles. The van der Waals surface area contributed by atoms with Crippen LogP contribution in [0.5, 0.6) is 11.5 Å². The Labute approximate surface area is 185 Å². The van der Waals surface area contributed by atoms with Crippen LogP contribution >= 0.6 is 0 Å². The number of hydrogen-bond acceptors (Lipinski definition) is 4. The topological polar surface area (TPSA) is 75.7 Å². The van der Waals surface area contributed by atoms with Crippen LogP contribution in [0, 0.1) is 0 Å². The fourth-order valence-corrected chi connectivity index (χ4v) is 3.31. The van der Waals surface area contributed by atoms with E-state index in [0.29, 0.717) is 28.4 Å². The highest BCUT2D eigenvalue weighted by Crippen LogP contribution is 2.32. The molecule has 1 aliphatic heterocycles. The minimum atomic E-state index is -0.393. The molecule has 0 radical (unpaired) electrons. The first kappa shape index (κ1) is 20.8. The molecule has 0 aliphatic carbocycles. The molecule has 32 heavy (non-hydrogen) atoms. The summed E-state index contributed by atoms with van der Waals surface area (Å²) in [5.41, 5.74) is 1.71. The molecule has 0 bridgehead atoms. The number of carbonyl (C=O) groups excluding carboxylic acids is 3. The lowest BCUT2D eigenvalue weighted by Crippen LogP contribution is -2.29. The van der Waals surface area contributed by atoms with Gasteiger partial charge in [0.15, 0.2) is 0 Å². The maximum atomic E-state index is 12.9. The molecule has 0 aromatic heterocycles. The van der Waals surface area contributed by atoms with Crippen LogP contribution in [0.15, 0.2) is 97.1 Å². The van der Waals surface area contributed by atoms with E-state index in [1.54, 1.807) is 78.9 Å². The molecular formula is C26H20N2O4. The highest BCUT2D eigenvalue weighted by atomic mass is 16.5. The van der Waals surface area contributed by atoms with E-state index in [1.165, 1.54) is 6.08 Å². The lowest BCUT2D eigenvalue weighted by molar-refractivity contribution is -0.111. The highest BCUT2D eigenvalue weighted by Gasteiger charge is 2.36. The predicted molar refractivity (Wildman–Crippen MR) is 123 cm³/mol. The number of anilines is 2. The first-order chi connectivity index (χ1) is 15.6. The third-order valence-electron chi connectivity index (χ3n) is 4.76. The summed E-state index contributed by atoms with van der Waals surface area (Å²) in [6.07, 6.45) is 6.66. The van der Waals surface area contributed by atoms with Crippen molar-refractivity contribution in [1.29, 1.82) is 0 Å². The van der Waals surface area contributed by atoms with Gasteiger partial charge in [0, 0.05) is 17.8 Å². The van der Waals surface area contributed by atoms with Crippen molar-refractivity contribution in [2.45, 2.75) is 6.92 Å². The molecule has 1 heterocycles. The summed E-state index contributed by atoms with van der Waals surface area (Å²) in [5.74, 6) is -0.120. The van der Waals surface area contributed by atoms with Crippen LogP contribution in [0.4, 0.5) is 11.4 Å². The van der Waals surface area contributed by atoms with Crippen LogP contribution in [-0.2, 0) is 4.79 Å². The number of carbonyl (C=O) groups is 3. The van der Waals surface area contributed by atoms with Crippen molar-refractivity contribution in [2.75, 3.05) is 10.2 Å². The first-order valence-electron chi connectivity index (χ1n) is 10.0. The smallest absolute Gasteiger partial charge is 0.266 e. The van der Waals surface area contributed by atoms with Crippen LogP contribution in [0.25, 0.3) is 0 Å². The zero-order valence-electron chi connectivity index (χ0n) is 17.3. The van der Waals surface area contributed by atoms with Crippen molar-refractivity contribution in [3.63, 3.8) is 0 Å². The number of imide groups is 1. The summed E-state index contributed by atoms with van der Waals surface area (Å²) in [6.45, 7) is 1.87. The summed E-state index contributed by atoms with van der Waals surface area (Å²) in [7, 11) is 0. The molecule has 0 unspecified atom stereocenters. The molecular weight excluding hydrogens is 404 g/mol. The molecule has 0 saturated heterocycles. The number of ether oxygens (including phenoxy) is 1. The number of nitrogens with one attached hydrogen (secondary N) is 1. The largest absolute Gasteiger partial charge is 0.457 e. The van der Waals surface area contributed by atoms with Gasteiger partial charge in [0.25, 0.3) is 11.8 Å². The molecule has 1 N–H and O–H groups in total. The molecule has 6 heteroatoms. The molecule has 3 aromatic rings. The van der Waals surface area contributed by atoms with E-state index in [2.05, 4.69) is 5.32 Å². The highest BCUT2D eigenvalue weighted by molar-refractivity contribution is 6.34. The van der Waals surface area contributed by atoms with Crippen LogP contribution in [0.2, 0.25) is 0 Å². The number of para-hydroxylation sites is 1. The molecule has 3 amide bonds. The van der Waals surface area contributed by atoms with Crippen LogP contribution < -0.4 is 15.0 Å². The van der Waals surface area contributed by atoms with Crippen molar-refractivity contribution in [3.05, 3.63) is 108 Å². The average molecular weight is 424 g/mol. The number of benzene rings is 3. The van der Waals surface area contributed by atoms with Crippen LogP contribution in [0.1, 0.15) is 27.6 Å². The maximum absolute atomic E-state index is 12.9. The van der Waals surface area contributed by atoms with Gasteiger partial charge >= 0.3 is 0 Å². The van der Waals surface area contributed by atoms with Crippen LogP contribution in [-0.4, -0.2) is 17.7 Å². The Morgan fingerprint density at radius 1 is 0.844 bits per heavy atom. The average Bonchev–Trinajstić information content (AvgIpc) is 3.04. The van der Waals surface area contributed by atoms with Gasteiger partial charge in [0.05, 0.1) is 16.8 Å². The first-order valence-corrected chi connectivity index (χ1v) is 10.0. The second-order valence-electron chi connectivity index (χ2n) is 6.99. The van der Waals surface area contributed by atoms with Gasteiger partial charge in [-0.25, -0.2) is 4.90 Å². The van der Waals surface area contributed by atoms with E-state index in [-0.39, 0.29) is 17.4 Å². The standard InChI is InChI=1S/C26H20N2O4/c1-2-3-5-13-24(29)27-18-9-8-12-20(16-18)32-21-14-15-22-23(17-21)26(31)28(25(22)30)19-10-6-4-7-11-19/h2-17H,1H3,(H,27,29)/b3-2+,13-5+. The summed E-state index contributed by atoms with van der Waals surface area (Å²) < 4.78 is 5.89. The van der Waals surface area contributed by atoms with Crippen molar-refractivity contribution in [1.82, 2.24) is 0 Å². The zero-order valence-corrected chi connectivity index (χ0v) is 17.3. The number of amides is 3. The van der Waals surface area contributed by atoms with Crippen molar-refractivity contribution in [2.24, 2.45) is 0 Å². The molecule has 0 atom stereocenters. The number of rotatable bonds is 6. The number of allylic oxidation sites excluding steroid dienone is 3. The summed E-state index contributed by atoms with van der Waals surface area (Å²) in [6, 6.07) is 20.5. The second kappa shape index (κ2) is 9.14. The fourth-order valence-electron chi connectivity index (χ4n) is 3.31. The monoisotopic (exact) mass is 424 g/mol. The van der Waals surface area contributed by atoms with E-state index >= 15 is 0 Å². The molecule has 0 fully saturated rings. The van der Waals surface area contributed by atoms with Crippen molar-refractivity contribution in [3.8, 4) is 11.5 Å². The molecule has 0 spiro atoms. The Morgan fingerprint density at radius 2 is 1.59 bits per heavy atom. The molecule has 4 rings (SSSR count). The lowest BCUT2D eigenvalue weighted by atomic mass is 10.1. The van der Waals surface area contributed by atoms with Crippen molar-refractivity contribution >= 4 is 29.1 Å². The van der Waals surface area contributed by atoms with Crippen molar-refractivity contribution < 1.29 is 19.1 Å². The van der Waals surface area contributed by atoms with Crippen LogP contribution in [0.3, 0.4) is 0 Å². The SMILES string of the molecule is C/C=C/C=C/C(=O)Nc1cccc(Oc2ccc3c(c2)C(=O)N(c2ccccc2)C3=O)c1. The van der Waals surface area contributed by atoms with Gasteiger partial charge in [-0.15, -0.1) is 0 Å². The summed E-state index contributed by atoms with van der Waals surface area (Å²) in [5, 5.41) is 2.76. The summed E-state index contributed by atoms with van der Waals surface area (Å²) >= 11 is 0. The minimum Gasteiger partial charge on any atom is -0.457 e. The second-order valence-corrected chi connectivity index (χ2v) is 6.99. The van der Waals surface area contributed by atoms with Gasteiger partial charge in [-0.2, -0.15) is 0 Å². The normalized spacial score (nSPS) is 13.1. The molecule has 3 aromatic carbocycles. The Morgan fingerprint density at radius 3 is 2.38 bits per heavy atom. The van der Waals surface area contributed by atoms with Gasteiger partial charge in [-0.1, -0.05) is 42.5 Å². The molecule has 6 nitrogen and oxygen atoms in total. The fraction of sp³-hybridized carbons (Fsp3) is 0.0385. The van der Waals surface area contributed by atoms with E-state index < -0.39 is 5.91 Å². The predicted octanol–water partition coefficient (Wildman–Crippen LogP) is 5.35. The molecule has 158 valence electrons. The Hall–Kier alpha value is -4.45. The van der Waals surface area contributed by atoms with E-state index in [9.17, 15) is 14.4 Å². The van der Waals surface area contributed by atoms with E-state index in [1.807, 2.05) is 19.1 Å². The third kappa shape index (κ3) is 4.34. The summed E-state index contributed by atoms with van der Waals surface area (Å²) in [4.78, 5) is 38.7. The third-order valence-corrected chi connectivity index (χ3v) is 4.76. The van der Waals surface area contributed by atoms with E-state index in [0.717, 1.165) is 4.90 Å². The Bertz CT molecular complexity index is 1250. The Kier molecular flexibility index (Phi) is 5.94. The lowest BCUT2D eigenvalue weighted by Gasteiger charge is -2.13. The van der Waals surface area contributed by atoms with Gasteiger partial charge in [-0.3, -0.25) is 14.4 Å². The zero-order chi connectivity index (χ0) is 22.5. The number of hydrogen-bond donors (Lipinski definition) is 1. The molecule has 1 aliphatic rings. The number of fused-ring (bicyclic) bond motifs is 1. The van der Waals surface area contributed by atoms with Gasteiger partial charge in [-0.05, 0) is 49.4 Å².